The summed E-state index contributed by atoms with van der Waals surface area (Å²) in [7, 11) is 1.65. The normalized spacial score (nSPS) is 10.3. The molecule has 1 aromatic heterocycles. The van der Waals surface area contributed by atoms with Crippen LogP contribution in [0, 0.1) is 17.0 Å². The van der Waals surface area contributed by atoms with E-state index in [0.29, 0.717) is 23.6 Å². The second-order valence-corrected chi connectivity index (χ2v) is 4.82. The van der Waals surface area contributed by atoms with Gasteiger partial charge in [-0.3, -0.25) is 14.9 Å². The summed E-state index contributed by atoms with van der Waals surface area (Å²) < 4.78 is 10.5. The van der Waals surface area contributed by atoms with E-state index in [0.717, 1.165) is 0 Å². The Balaban J connectivity index is 1.90. The SMILES string of the molecule is Cc1cc(OCC(=O)N(C)Cc2ccco2)ccc1[N+](=O)[O-]. The number of nitro groups is 1. The van der Waals surface area contributed by atoms with Crippen LogP contribution in [0.1, 0.15) is 11.3 Å². The summed E-state index contributed by atoms with van der Waals surface area (Å²) in [5.74, 6) is 0.886. The average molecular weight is 304 g/mol. The highest BCUT2D eigenvalue weighted by Crippen LogP contribution is 2.23. The Bertz CT molecular complexity index is 667. The molecule has 22 heavy (non-hydrogen) atoms. The van der Waals surface area contributed by atoms with Crippen molar-refractivity contribution in [2.24, 2.45) is 0 Å². The first kappa shape index (κ1) is 15.6. The number of carbonyl (C=O) groups excluding carboxylic acids is 1. The first-order valence-electron chi connectivity index (χ1n) is 6.61. The van der Waals surface area contributed by atoms with Gasteiger partial charge in [-0.25, -0.2) is 0 Å². The van der Waals surface area contributed by atoms with Gasteiger partial charge in [0, 0.05) is 18.7 Å². The minimum Gasteiger partial charge on any atom is -0.484 e. The Morgan fingerprint density at radius 1 is 1.41 bits per heavy atom. The monoisotopic (exact) mass is 304 g/mol. The molecule has 0 N–H and O–H groups in total. The molecule has 0 spiro atoms. The lowest BCUT2D eigenvalue weighted by Gasteiger charge is -2.16. The number of carbonyl (C=O) groups is 1. The molecule has 7 heteroatoms. The lowest BCUT2D eigenvalue weighted by molar-refractivity contribution is -0.385. The van der Waals surface area contributed by atoms with E-state index in [1.165, 1.54) is 23.1 Å². The highest BCUT2D eigenvalue weighted by Gasteiger charge is 2.14. The zero-order chi connectivity index (χ0) is 16.1. The van der Waals surface area contributed by atoms with Crippen LogP contribution in [0.3, 0.4) is 0 Å². The highest BCUT2D eigenvalue weighted by atomic mass is 16.6. The summed E-state index contributed by atoms with van der Waals surface area (Å²) in [5.41, 5.74) is 0.507. The van der Waals surface area contributed by atoms with Gasteiger partial charge in [-0.05, 0) is 31.2 Å². The zero-order valence-corrected chi connectivity index (χ0v) is 12.3. The number of likely N-dealkylation sites (N-methyl/N-ethyl adjacent to an activating group) is 1. The third-order valence-electron chi connectivity index (χ3n) is 3.13. The number of furan rings is 1. The number of rotatable bonds is 6. The molecule has 2 rings (SSSR count). The van der Waals surface area contributed by atoms with E-state index < -0.39 is 4.92 Å². The van der Waals surface area contributed by atoms with E-state index in [2.05, 4.69) is 0 Å². The molecule has 0 aliphatic heterocycles. The molecule has 0 bridgehead atoms. The number of nitrogens with zero attached hydrogens (tertiary/aromatic N) is 2. The van der Waals surface area contributed by atoms with E-state index in [1.54, 1.807) is 32.4 Å². The quantitative estimate of drug-likeness (QED) is 0.604. The van der Waals surface area contributed by atoms with Crippen molar-refractivity contribution in [2.75, 3.05) is 13.7 Å². The standard InChI is InChI=1S/C15H16N2O5/c1-11-8-12(5-6-14(11)17(19)20)22-10-15(18)16(2)9-13-4-3-7-21-13/h3-8H,9-10H2,1-2H3. The third-order valence-corrected chi connectivity index (χ3v) is 3.13. The Labute approximate surface area is 127 Å². The van der Waals surface area contributed by atoms with Gasteiger partial charge in [-0.2, -0.15) is 0 Å². The zero-order valence-electron chi connectivity index (χ0n) is 12.3. The van der Waals surface area contributed by atoms with Gasteiger partial charge in [0.2, 0.25) is 0 Å². The molecule has 1 aromatic carbocycles. The van der Waals surface area contributed by atoms with E-state index in [9.17, 15) is 14.9 Å². The molecular weight excluding hydrogens is 288 g/mol. The van der Waals surface area contributed by atoms with Gasteiger partial charge < -0.3 is 14.1 Å². The molecule has 0 saturated carbocycles. The fraction of sp³-hybridized carbons (Fsp3) is 0.267. The van der Waals surface area contributed by atoms with Crippen LogP contribution in [0.2, 0.25) is 0 Å². The Morgan fingerprint density at radius 2 is 2.18 bits per heavy atom. The molecular formula is C15H16N2O5. The number of amides is 1. The first-order chi connectivity index (χ1) is 10.5. The van der Waals surface area contributed by atoms with E-state index in [1.807, 2.05) is 0 Å². The molecule has 0 saturated heterocycles. The second-order valence-electron chi connectivity index (χ2n) is 4.82. The van der Waals surface area contributed by atoms with Gasteiger partial charge >= 0.3 is 0 Å². The third kappa shape index (κ3) is 3.85. The maximum Gasteiger partial charge on any atom is 0.272 e. The molecule has 7 nitrogen and oxygen atoms in total. The van der Waals surface area contributed by atoms with Crippen LogP contribution in [0.25, 0.3) is 0 Å². The largest absolute Gasteiger partial charge is 0.484 e. The molecule has 0 aliphatic carbocycles. The van der Waals surface area contributed by atoms with Crippen molar-refractivity contribution in [2.45, 2.75) is 13.5 Å². The van der Waals surface area contributed by atoms with Crippen LogP contribution >= 0.6 is 0 Å². The Hall–Kier alpha value is -2.83. The molecule has 0 radical (unpaired) electrons. The fourth-order valence-corrected chi connectivity index (χ4v) is 1.90. The molecule has 116 valence electrons. The number of ether oxygens (including phenoxy) is 1. The summed E-state index contributed by atoms with van der Waals surface area (Å²) in [4.78, 5) is 23.7. The smallest absolute Gasteiger partial charge is 0.272 e. The predicted molar refractivity (Wildman–Crippen MR) is 78.5 cm³/mol. The van der Waals surface area contributed by atoms with Crippen molar-refractivity contribution in [1.82, 2.24) is 4.90 Å². The van der Waals surface area contributed by atoms with Crippen LogP contribution in [0.4, 0.5) is 5.69 Å². The van der Waals surface area contributed by atoms with Crippen molar-refractivity contribution in [3.63, 3.8) is 0 Å². The molecule has 0 fully saturated rings. The summed E-state index contributed by atoms with van der Waals surface area (Å²) in [6.45, 7) is 1.83. The van der Waals surface area contributed by atoms with Gasteiger partial charge in [0.1, 0.15) is 11.5 Å². The van der Waals surface area contributed by atoms with Gasteiger partial charge in [0.25, 0.3) is 11.6 Å². The molecule has 1 heterocycles. The van der Waals surface area contributed by atoms with Crippen LogP contribution < -0.4 is 4.74 Å². The Kier molecular flexibility index (Phi) is 4.77. The van der Waals surface area contributed by atoms with Crippen molar-refractivity contribution < 1.29 is 18.9 Å². The second kappa shape index (κ2) is 6.75. The summed E-state index contributed by atoms with van der Waals surface area (Å²) in [6, 6.07) is 7.92. The fourth-order valence-electron chi connectivity index (χ4n) is 1.90. The maximum absolute atomic E-state index is 12.0. The first-order valence-corrected chi connectivity index (χ1v) is 6.61. The highest BCUT2D eigenvalue weighted by molar-refractivity contribution is 5.77. The van der Waals surface area contributed by atoms with Crippen molar-refractivity contribution in [3.8, 4) is 5.75 Å². The predicted octanol–water partition coefficient (Wildman–Crippen LogP) is 2.53. The van der Waals surface area contributed by atoms with Crippen LogP contribution in [0.15, 0.2) is 41.0 Å². The number of hydrogen-bond donors (Lipinski definition) is 0. The lowest BCUT2D eigenvalue weighted by Crippen LogP contribution is -2.30. The van der Waals surface area contributed by atoms with E-state index >= 15 is 0 Å². The minimum absolute atomic E-state index is 0.0219. The number of benzene rings is 1. The van der Waals surface area contributed by atoms with Crippen LogP contribution in [-0.2, 0) is 11.3 Å². The number of nitro benzene ring substituents is 1. The van der Waals surface area contributed by atoms with Gasteiger partial charge in [0.15, 0.2) is 6.61 Å². The number of aryl methyl sites for hydroxylation is 1. The van der Waals surface area contributed by atoms with Crippen molar-refractivity contribution >= 4 is 11.6 Å². The van der Waals surface area contributed by atoms with Gasteiger partial charge in [-0.15, -0.1) is 0 Å². The minimum atomic E-state index is -0.457. The molecule has 0 aliphatic rings. The summed E-state index contributed by atoms with van der Waals surface area (Å²) >= 11 is 0. The molecule has 1 amide bonds. The van der Waals surface area contributed by atoms with Crippen molar-refractivity contribution in [1.29, 1.82) is 0 Å². The molecule has 0 unspecified atom stereocenters. The summed E-state index contributed by atoms with van der Waals surface area (Å²) in [6.07, 6.45) is 1.55. The van der Waals surface area contributed by atoms with E-state index in [4.69, 9.17) is 9.15 Å². The molecule has 2 aromatic rings. The lowest BCUT2D eigenvalue weighted by atomic mass is 10.2. The average Bonchev–Trinajstić information content (AvgIpc) is 2.97. The van der Waals surface area contributed by atoms with E-state index in [-0.39, 0.29) is 18.2 Å². The Morgan fingerprint density at radius 3 is 2.77 bits per heavy atom. The van der Waals surface area contributed by atoms with Gasteiger partial charge in [-0.1, -0.05) is 0 Å². The number of hydrogen-bond acceptors (Lipinski definition) is 5. The summed E-state index contributed by atoms with van der Waals surface area (Å²) in [5, 5.41) is 10.7. The molecule has 0 atom stereocenters. The topological polar surface area (TPSA) is 85.8 Å². The van der Waals surface area contributed by atoms with Gasteiger partial charge in [0.05, 0.1) is 17.7 Å². The van der Waals surface area contributed by atoms with Crippen LogP contribution in [0.5, 0.6) is 5.75 Å². The maximum atomic E-state index is 12.0. The van der Waals surface area contributed by atoms with Crippen LogP contribution in [-0.4, -0.2) is 29.4 Å². The van der Waals surface area contributed by atoms with Crippen molar-refractivity contribution in [3.05, 3.63) is 58.0 Å².